The van der Waals surface area contributed by atoms with Gasteiger partial charge in [0.25, 0.3) is 0 Å². The summed E-state index contributed by atoms with van der Waals surface area (Å²) in [5, 5.41) is 0. The van der Waals surface area contributed by atoms with Crippen LogP contribution < -0.4 is 24.8 Å². The molecule has 1 nitrogen and oxygen atoms in total. The van der Waals surface area contributed by atoms with Crippen molar-refractivity contribution in [3.8, 4) is 0 Å². The monoisotopic (exact) mass is 425 g/mol. The number of benzene rings is 1. The maximum absolute atomic E-state index is 3.45. The Morgan fingerprint density at radius 2 is 1.70 bits per heavy atom. The van der Waals surface area contributed by atoms with Crippen molar-refractivity contribution in [2.75, 3.05) is 20.6 Å². The van der Waals surface area contributed by atoms with Gasteiger partial charge in [-0.05, 0) is 27.1 Å². The number of fused-ring (bicyclic) bond motifs is 1. The van der Waals surface area contributed by atoms with Gasteiger partial charge >= 0.3 is 26.2 Å². The van der Waals surface area contributed by atoms with Gasteiger partial charge in [0.15, 0.2) is 0 Å². The number of rotatable bonds is 4. The van der Waals surface area contributed by atoms with Crippen molar-refractivity contribution in [2.45, 2.75) is 18.8 Å². The molecule has 122 valence electrons. The van der Waals surface area contributed by atoms with Gasteiger partial charge in [0.2, 0.25) is 0 Å². The van der Waals surface area contributed by atoms with E-state index >= 15 is 0 Å². The number of allylic oxidation sites excluding steroid dienone is 1. The number of hydrogen-bond acceptors (Lipinski definition) is 1. The molecule has 4 heteroatoms. The minimum atomic E-state index is 0. The Balaban J connectivity index is 0. The van der Waals surface area contributed by atoms with Gasteiger partial charge in [0.1, 0.15) is 0 Å². The van der Waals surface area contributed by atoms with Crippen LogP contribution >= 0.6 is 0 Å². The summed E-state index contributed by atoms with van der Waals surface area (Å²) in [5.41, 5.74) is 2.81. The Labute approximate surface area is 172 Å². The number of nitrogens with zero attached hydrogens (tertiary/aromatic N) is 1. The molecule has 1 aliphatic rings. The van der Waals surface area contributed by atoms with Crippen LogP contribution in [-0.2, 0) is 26.2 Å². The molecular formula is C19H23Cl2NZr. The van der Waals surface area contributed by atoms with Crippen molar-refractivity contribution >= 4 is 6.08 Å². The van der Waals surface area contributed by atoms with Gasteiger partial charge in [-0.15, -0.1) is 11.6 Å². The predicted molar refractivity (Wildman–Crippen MR) is 86.7 cm³/mol. The molecule has 0 heterocycles. The topological polar surface area (TPSA) is 3.24 Å². The molecule has 2 aromatic rings. The van der Waals surface area contributed by atoms with E-state index < -0.39 is 0 Å². The van der Waals surface area contributed by atoms with E-state index in [1.54, 1.807) is 0 Å². The molecule has 0 saturated carbocycles. The molecule has 0 aliphatic heterocycles. The molecule has 0 saturated heterocycles. The first-order valence-electron chi connectivity index (χ1n) is 7.27. The predicted octanol–water partition coefficient (Wildman–Crippen LogP) is -1.65. The first-order valence-corrected chi connectivity index (χ1v) is 7.27. The van der Waals surface area contributed by atoms with Gasteiger partial charge in [0.05, 0.1) is 0 Å². The van der Waals surface area contributed by atoms with Crippen LogP contribution in [0.15, 0.2) is 54.6 Å². The summed E-state index contributed by atoms with van der Waals surface area (Å²) in [6.07, 6.45) is 8.04. The van der Waals surface area contributed by atoms with Crippen LogP contribution in [0, 0.1) is 6.08 Å². The molecule has 0 fully saturated rings. The van der Waals surface area contributed by atoms with Gasteiger partial charge in [-0.2, -0.15) is 23.8 Å². The summed E-state index contributed by atoms with van der Waals surface area (Å²) in [4.78, 5) is 2.24. The average Bonchev–Trinajstić information content (AvgIpc) is 3.11. The smallest absolute Gasteiger partial charge is 1.00 e. The van der Waals surface area contributed by atoms with E-state index in [9.17, 15) is 0 Å². The minimum Gasteiger partial charge on any atom is -1.00 e. The Morgan fingerprint density at radius 1 is 1.04 bits per heavy atom. The van der Waals surface area contributed by atoms with Crippen LogP contribution in [0.4, 0.5) is 0 Å². The second-order valence-corrected chi connectivity index (χ2v) is 5.40. The molecule has 0 amide bonds. The van der Waals surface area contributed by atoms with Gasteiger partial charge in [-0.3, -0.25) is 6.08 Å². The van der Waals surface area contributed by atoms with Crippen molar-refractivity contribution in [1.29, 1.82) is 0 Å². The average molecular weight is 428 g/mol. The summed E-state index contributed by atoms with van der Waals surface area (Å²) < 4.78 is 0. The van der Waals surface area contributed by atoms with Crippen LogP contribution in [0.25, 0.3) is 6.08 Å². The van der Waals surface area contributed by atoms with E-state index in [2.05, 4.69) is 55.4 Å². The fourth-order valence-corrected chi connectivity index (χ4v) is 2.41. The normalized spacial score (nSPS) is 13.8. The quantitative estimate of drug-likeness (QED) is 0.529. The zero-order valence-corrected chi connectivity index (χ0v) is 17.6. The third-order valence-electron chi connectivity index (χ3n) is 3.47. The fraction of sp³-hybridized carbons (Fsp3) is 0.316. The summed E-state index contributed by atoms with van der Waals surface area (Å²) in [5.74, 6) is 0.529. The second kappa shape index (κ2) is 14.1. The second-order valence-electron chi connectivity index (χ2n) is 5.40. The van der Waals surface area contributed by atoms with Crippen molar-refractivity contribution in [3.05, 3.63) is 71.8 Å². The van der Waals surface area contributed by atoms with Crippen LogP contribution in [-0.4, -0.2) is 25.5 Å². The third kappa shape index (κ3) is 8.96. The fourth-order valence-electron chi connectivity index (χ4n) is 2.41. The van der Waals surface area contributed by atoms with Gasteiger partial charge < -0.3 is 29.7 Å². The van der Waals surface area contributed by atoms with E-state index in [4.69, 9.17) is 0 Å². The van der Waals surface area contributed by atoms with E-state index in [0.29, 0.717) is 5.92 Å². The first kappa shape index (κ1) is 25.0. The SMILES string of the molecule is CN(C)CCCC1[C-]=Cc2ccccc21.[Cl-].[Cl-].[Zr+4].c1cc[cH-]c1. The zero-order valence-electron chi connectivity index (χ0n) is 13.7. The third-order valence-corrected chi connectivity index (χ3v) is 3.47. The maximum atomic E-state index is 3.45. The van der Waals surface area contributed by atoms with Crippen LogP contribution in [0.3, 0.4) is 0 Å². The van der Waals surface area contributed by atoms with Crippen molar-refractivity contribution in [3.63, 3.8) is 0 Å². The van der Waals surface area contributed by atoms with Crippen LogP contribution in [0.2, 0.25) is 0 Å². The Hall–Kier alpha value is -0.267. The standard InChI is InChI=1S/C14H18N.C5H5.2ClH.Zr/c1-15(2)11-5-7-13-10-9-12-6-3-4-8-14(12)13;1-2-4-5-3-1;;;/h3-4,6,8-9,13H,5,7,11H2,1-2H3;1-5H;2*1H;/q2*-1;;;+4/p-2. The molecule has 1 aliphatic carbocycles. The molecule has 0 radical (unpaired) electrons. The Kier molecular flexibility index (Phi) is 15.3. The van der Waals surface area contributed by atoms with Crippen molar-refractivity contribution in [2.24, 2.45) is 0 Å². The number of halogens is 2. The van der Waals surface area contributed by atoms with Crippen LogP contribution in [0.1, 0.15) is 29.9 Å². The van der Waals surface area contributed by atoms with E-state index in [1.165, 1.54) is 30.5 Å². The zero-order chi connectivity index (χ0) is 14.2. The van der Waals surface area contributed by atoms with E-state index in [-0.39, 0.29) is 51.0 Å². The molecule has 2 aromatic carbocycles. The molecule has 3 rings (SSSR count). The summed E-state index contributed by atoms with van der Waals surface area (Å²) >= 11 is 0. The molecule has 1 unspecified atom stereocenters. The molecule has 0 aromatic heterocycles. The molecule has 1 atom stereocenters. The van der Waals surface area contributed by atoms with Gasteiger partial charge in [0, 0.05) is 0 Å². The van der Waals surface area contributed by atoms with E-state index in [1.807, 2.05) is 30.3 Å². The largest absolute Gasteiger partial charge is 4.00 e. The van der Waals surface area contributed by atoms with Gasteiger partial charge in [-0.25, -0.2) is 18.2 Å². The van der Waals surface area contributed by atoms with Crippen molar-refractivity contribution in [1.82, 2.24) is 4.90 Å². The minimum absolute atomic E-state index is 0. The summed E-state index contributed by atoms with van der Waals surface area (Å²) in [6.45, 7) is 1.17. The van der Waals surface area contributed by atoms with E-state index in [0.717, 1.165) is 0 Å². The Bertz CT molecular complexity index is 507. The van der Waals surface area contributed by atoms with Crippen LogP contribution in [0.5, 0.6) is 0 Å². The molecular weight excluding hydrogens is 404 g/mol. The van der Waals surface area contributed by atoms with Gasteiger partial charge in [-0.1, -0.05) is 30.5 Å². The first-order chi connectivity index (χ1) is 9.77. The molecule has 0 spiro atoms. The maximum Gasteiger partial charge on any atom is 4.00 e. The summed E-state index contributed by atoms with van der Waals surface area (Å²) in [7, 11) is 4.25. The Morgan fingerprint density at radius 3 is 2.26 bits per heavy atom. The number of hydrogen-bond donors (Lipinski definition) is 0. The molecule has 23 heavy (non-hydrogen) atoms. The van der Waals surface area contributed by atoms with Crippen molar-refractivity contribution < 1.29 is 51.0 Å². The summed E-state index contributed by atoms with van der Waals surface area (Å²) in [6, 6.07) is 18.6. The molecule has 0 N–H and O–H groups in total. The molecule has 0 bridgehead atoms.